The fraction of sp³-hybridized carbons (Fsp3) is 0.714. The average molecular weight is 559 g/mol. The van der Waals surface area contributed by atoms with E-state index in [0.29, 0.717) is 23.0 Å². The van der Waals surface area contributed by atoms with Crippen molar-refractivity contribution >= 4 is 46.2 Å². The summed E-state index contributed by atoms with van der Waals surface area (Å²) in [7, 11) is 0. The third-order valence-electron chi connectivity index (χ3n) is 9.48. The Balaban J connectivity index is 0.868. The Morgan fingerprint density at radius 2 is 2.05 bits per heavy atom. The summed E-state index contributed by atoms with van der Waals surface area (Å²) in [6.07, 6.45) is 15.5. The molecular weight excluding hydrogens is 520 g/mol. The number of allylic oxidation sites excluding steroid dienone is 1. The number of nitrogens with one attached hydrogen (secondary N) is 3. The van der Waals surface area contributed by atoms with E-state index in [1.807, 2.05) is 17.8 Å². The lowest BCUT2D eigenvalue weighted by Crippen LogP contribution is -2.36. The van der Waals surface area contributed by atoms with Gasteiger partial charge in [0.25, 0.3) is 0 Å². The summed E-state index contributed by atoms with van der Waals surface area (Å²) >= 11 is 8.43. The van der Waals surface area contributed by atoms with Gasteiger partial charge in [0.2, 0.25) is 5.91 Å². The molecule has 10 heteroatoms. The Kier molecular flexibility index (Phi) is 7.76. The first-order chi connectivity index (χ1) is 18.5. The molecule has 3 saturated heterocycles. The van der Waals surface area contributed by atoms with Crippen LogP contribution < -0.4 is 20.9 Å². The minimum absolute atomic E-state index is 0.0313. The van der Waals surface area contributed by atoms with Crippen molar-refractivity contribution in [3.05, 3.63) is 23.7 Å². The molecule has 4 fully saturated rings. The van der Waals surface area contributed by atoms with E-state index >= 15 is 0 Å². The van der Waals surface area contributed by atoms with Crippen LogP contribution in [0, 0.1) is 11.3 Å². The molecule has 3 unspecified atom stereocenters. The lowest BCUT2D eigenvalue weighted by atomic mass is 9.69. The van der Waals surface area contributed by atoms with Crippen LogP contribution in [0.2, 0.25) is 0 Å². The van der Waals surface area contributed by atoms with Crippen molar-refractivity contribution in [2.24, 2.45) is 11.3 Å². The maximum Gasteiger partial charge on any atom is 0.315 e. The highest BCUT2D eigenvalue weighted by Gasteiger charge is 2.43. The van der Waals surface area contributed by atoms with E-state index in [1.165, 1.54) is 32.1 Å². The van der Waals surface area contributed by atoms with Crippen LogP contribution in [0.25, 0.3) is 5.03 Å². The molecule has 38 heavy (non-hydrogen) atoms. The summed E-state index contributed by atoms with van der Waals surface area (Å²) in [5, 5.41) is 10.5. The third-order valence-corrected chi connectivity index (χ3v) is 11.3. The Bertz CT molecular complexity index is 1090. The third kappa shape index (κ3) is 5.51. The Morgan fingerprint density at radius 3 is 2.92 bits per heavy atom. The molecule has 3 amide bonds. The number of hydrogen-bond donors (Lipinski definition) is 3. The molecule has 1 spiro atoms. The highest BCUT2D eigenvalue weighted by molar-refractivity contribution is 8.00. The average Bonchev–Trinajstić information content (AvgIpc) is 3.68. The zero-order valence-electron chi connectivity index (χ0n) is 22.0. The Labute approximate surface area is 234 Å². The van der Waals surface area contributed by atoms with E-state index in [0.717, 1.165) is 79.6 Å². The van der Waals surface area contributed by atoms with Crippen molar-refractivity contribution in [3.8, 4) is 0 Å². The molecule has 8 nitrogen and oxygen atoms in total. The van der Waals surface area contributed by atoms with Gasteiger partial charge in [-0.1, -0.05) is 24.1 Å². The predicted molar refractivity (Wildman–Crippen MR) is 152 cm³/mol. The molecule has 3 atom stereocenters. The summed E-state index contributed by atoms with van der Waals surface area (Å²) in [6, 6.07) is 0.502. The van der Waals surface area contributed by atoms with E-state index < -0.39 is 0 Å². The fourth-order valence-corrected chi connectivity index (χ4v) is 9.03. The molecule has 3 N–H and O–H groups in total. The van der Waals surface area contributed by atoms with E-state index in [4.69, 9.17) is 11.6 Å². The van der Waals surface area contributed by atoms with Gasteiger partial charge in [-0.3, -0.25) is 4.79 Å². The predicted octanol–water partition coefficient (Wildman–Crippen LogP) is 4.23. The second kappa shape index (κ2) is 11.2. The van der Waals surface area contributed by atoms with Gasteiger partial charge in [-0.15, -0.1) is 0 Å². The molecule has 1 saturated carbocycles. The number of rotatable bonds is 9. The molecule has 3 aliphatic heterocycles. The van der Waals surface area contributed by atoms with Gasteiger partial charge in [-0.05, 0) is 62.7 Å². The summed E-state index contributed by atoms with van der Waals surface area (Å²) in [5.74, 6) is 2.90. The van der Waals surface area contributed by atoms with Crippen molar-refractivity contribution in [3.63, 3.8) is 0 Å². The van der Waals surface area contributed by atoms with Crippen molar-refractivity contribution in [1.29, 1.82) is 0 Å². The first-order valence-corrected chi connectivity index (χ1v) is 15.8. The molecule has 5 aliphatic rings. The number of nitrogens with zero attached hydrogens (tertiary/aromatic N) is 3. The minimum Gasteiger partial charge on any atom is -0.356 e. The van der Waals surface area contributed by atoms with Crippen molar-refractivity contribution in [2.75, 3.05) is 30.3 Å². The monoisotopic (exact) mass is 558 g/mol. The summed E-state index contributed by atoms with van der Waals surface area (Å²) in [5.41, 5.74) is 2.48. The highest BCUT2D eigenvalue weighted by atomic mass is 35.5. The molecule has 206 valence electrons. The normalized spacial score (nSPS) is 31.7. The Hall–Kier alpha value is -2.00. The second-order valence-corrected chi connectivity index (χ2v) is 13.6. The quantitative estimate of drug-likeness (QED) is 0.310. The number of halogens is 1. The maximum atomic E-state index is 12.4. The van der Waals surface area contributed by atoms with Crippen LogP contribution in [0.3, 0.4) is 0 Å². The van der Waals surface area contributed by atoms with Crippen LogP contribution in [0.15, 0.2) is 12.4 Å². The van der Waals surface area contributed by atoms with Gasteiger partial charge >= 0.3 is 6.03 Å². The van der Waals surface area contributed by atoms with Crippen LogP contribution in [0.1, 0.15) is 75.5 Å². The lowest BCUT2D eigenvalue weighted by Gasteiger charge is -2.37. The molecule has 0 radical (unpaired) electrons. The van der Waals surface area contributed by atoms with E-state index in [2.05, 4.69) is 30.8 Å². The van der Waals surface area contributed by atoms with E-state index in [1.54, 1.807) is 6.33 Å². The number of aromatic nitrogens is 2. The Morgan fingerprint density at radius 1 is 1.18 bits per heavy atom. The van der Waals surface area contributed by atoms with Gasteiger partial charge < -0.3 is 20.9 Å². The number of amides is 3. The van der Waals surface area contributed by atoms with Crippen LogP contribution in [-0.2, 0) is 11.2 Å². The van der Waals surface area contributed by atoms with Crippen LogP contribution in [-0.4, -0.2) is 64.6 Å². The number of urea groups is 1. The SMILES string of the molecule is O=C(CCCCC1SCC2NC(=O)NC21)NCCC1CCC2(CC1)CCN(c1ncnc3c1C(Cl)=CC3)C2. The largest absolute Gasteiger partial charge is 0.356 e. The van der Waals surface area contributed by atoms with E-state index in [9.17, 15) is 9.59 Å². The van der Waals surface area contributed by atoms with Gasteiger partial charge in [0.15, 0.2) is 0 Å². The first-order valence-electron chi connectivity index (χ1n) is 14.4. The van der Waals surface area contributed by atoms with Gasteiger partial charge in [0.05, 0.1) is 23.3 Å². The number of carbonyl (C=O) groups excluding carboxylic acids is 2. The summed E-state index contributed by atoms with van der Waals surface area (Å²) in [4.78, 5) is 35.4. The number of fused-ring (bicyclic) bond motifs is 2. The van der Waals surface area contributed by atoms with Crippen LogP contribution in [0.5, 0.6) is 0 Å². The topological polar surface area (TPSA) is 99.2 Å². The molecule has 0 aromatic carbocycles. The fourth-order valence-electron chi connectivity index (χ4n) is 7.22. The minimum atomic E-state index is -0.0313. The van der Waals surface area contributed by atoms with Gasteiger partial charge in [-0.2, -0.15) is 11.8 Å². The molecule has 1 aromatic rings. The van der Waals surface area contributed by atoms with E-state index in [-0.39, 0.29) is 24.0 Å². The highest BCUT2D eigenvalue weighted by Crippen LogP contribution is 2.48. The van der Waals surface area contributed by atoms with Crippen LogP contribution in [0.4, 0.5) is 10.6 Å². The van der Waals surface area contributed by atoms with Gasteiger partial charge in [-0.25, -0.2) is 14.8 Å². The van der Waals surface area contributed by atoms with Crippen molar-refractivity contribution in [1.82, 2.24) is 25.9 Å². The van der Waals surface area contributed by atoms with Crippen molar-refractivity contribution < 1.29 is 9.59 Å². The number of thioether (sulfide) groups is 1. The standard InChI is InChI=1S/C28H39ClN6O2S/c29-19-5-6-20-24(19)26(32-17-31-20)35-14-12-28(16-35)10-7-18(8-11-28)9-13-30-23(36)4-2-1-3-22-25-21(15-38-22)33-27(37)34-25/h5,17-18,21-22,25H,1-4,6-16H2,(H,30,36)(H2,33,34,37). The van der Waals surface area contributed by atoms with Gasteiger partial charge in [0.1, 0.15) is 12.1 Å². The lowest BCUT2D eigenvalue weighted by molar-refractivity contribution is -0.121. The molecule has 1 aromatic heterocycles. The number of unbranched alkanes of at least 4 members (excludes halogenated alkanes) is 1. The zero-order chi connectivity index (χ0) is 26.1. The number of anilines is 1. The molecule has 2 aliphatic carbocycles. The number of carbonyl (C=O) groups is 2. The summed E-state index contributed by atoms with van der Waals surface area (Å²) in [6.45, 7) is 2.90. The number of hydrogen-bond acceptors (Lipinski definition) is 6. The summed E-state index contributed by atoms with van der Waals surface area (Å²) < 4.78 is 0. The molecule has 6 rings (SSSR count). The molecule has 4 heterocycles. The van der Waals surface area contributed by atoms with Crippen LogP contribution >= 0.6 is 23.4 Å². The smallest absolute Gasteiger partial charge is 0.315 e. The van der Waals surface area contributed by atoms with Crippen molar-refractivity contribution in [2.45, 2.75) is 88.0 Å². The zero-order valence-corrected chi connectivity index (χ0v) is 23.6. The molecule has 0 bridgehead atoms. The maximum absolute atomic E-state index is 12.4. The molecular formula is C28H39ClN6O2S. The van der Waals surface area contributed by atoms with Gasteiger partial charge in [0, 0.05) is 48.5 Å². The second-order valence-electron chi connectivity index (χ2n) is 11.9. The first kappa shape index (κ1) is 26.2.